The number of unbranched alkanes of at least 4 members (excludes halogenated alkanes) is 15. The predicted octanol–water partition coefficient (Wildman–Crippen LogP) is 18.6. The van der Waals surface area contributed by atoms with E-state index in [-0.39, 0.29) is 16.7 Å². The molecule has 476 valence electrons. The molecule has 89 heavy (non-hydrogen) atoms. The topological polar surface area (TPSA) is 144 Å². The Morgan fingerprint density at radius 3 is 0.843 bits per heavy atom. The second-order valence-electron chi connectivity index (χ2n) is 22.2. The van der Waals surface area contributed by atoms with Gasteiger partial charge in [0.15, 0.2) is 0 Å². The number of aryl methyl sites for hydroxylation is 3. The normalized spacial score (nSPS) is 12.5. The molecule has 0 aromatic heterocycles. The van der Waals surface area contributed by atoms with E-state index in [1.807, 2.05) is 36.4 Å². The second kappa shape index (κ2) is 40.3. The average Bonchev–Trinajstić information content (AvgIpc) is 2.59. The number of aliphatic imine (C=N–C) groups is 3. The van der Waals surface area contributed by atoms with Crippen molar-refractivity contribution < 1.29 is 55.0 Å². The molecule has 0 fully saturated rings. The van der Waals surface area contributed by atoms with Gasteiger partial charge in [-0.2, -0.15) is 13.2 Å². The number of ether oxygens (including phenoxy) is 3. The number of carbonyl (C=O) groups excluding carboxylic acids is 3. The van der Waals surface area contributed by atoms with E-state index in [4.69, 9.17) is 27.5 Å². The van der Waals surface area contributed by atoms with Crippen LogP contribution in [0.15, 0.2) is 161 Å². The summed E-state index contributed by atoms with van der Waals surface area (Å²) >= 11 is 0. The number of esters is 3. The van der Waals surface area contributed by atoms with Crippen LogP contribution < -0.4 is 0 Å². The molecule has 6 aromatic carbocycles. The standard InChI is InChI=1S/C73H90F3N3O9Si/c1-4-7-10-13-16-19-22-58-31-43-67(44-32-58)77-55-61-25-37-64(38-26-61)70(80)83-49-52-86-89(73(74,75)76,87-53-50-84-71(81)65-39-27-62(28-40-65)56-78-68-45-33-59(34-46-68)23-20-17-14-11-8-5-2)88-54-51-85-72(82)66-41-29-63(30-42-66)57-79-69-47-35-60(36-48-69)24-21-18-15-12-9-6-3/h25-48,55-57H,4-24,49-54H2,1-3H3. The molecule has 0 radical (unpaired) electrons. The highest BCUT2D eigenvalue weighted by Gasteiger charge is 2.67. The molecule has 0 aliphatic rings. The van der Waals surface area contributed by atoms with E-state index in [1.165, 1.54) is 149 Å². The smallest absolute Gasteiger partial charge is 0.460 e. The van der Waals surface area contributed by atoms with Crippen molar-refractivity contribution in [3.8, 4) is 0 Å². The molecule has 0 N–H and O–H groups in total. The first-order valence-corrected chi connectivity index (χ1v) is 33.8. The summed E-state index contributed by atoms with van der Waals surface area (Å²) in [5, 5.41) is 0. The minimum atomic E-state index is -5.75. The van der Waals surface area contributed by atoms with Crippen LogP contribution in [-0.4, -0.2) is 90.8 Å². The molecule has 0 heterocycles. The van der Waals surface area contributed by atoms with Crippen LogP contribution in [0.2, 0.25) is 0 Å². The van der Waals surface area contributed by atoms with Crippen molar-refractivity contribution in [1.82, 2.24) is 0 Å². The molecule has 0 saturated heterocycles. The van der Waals surface area contributed by atoms with E-state index in [0.717, 1.165) is 72.3 Å². The van der Waals surface area contributed by atoms with Gasteiger partial charge in [0.05, 0.1) is 53.6 Å². The van der Waals surface area contributed by atoms with Crippen molar-refractivity contribution in [3.63, 3.8) is 0 Å². The van der Waals surface area contributed by atoms with Crippen molar-refractivity contribution in [2.75, 3.05) is 39.6 Å². The van der Waals surface area contributed by atoms with E-state index in [0.29, 0.717) is 0 Å². The summed E-state index contributed by atoms with van der Waals surface area (Å²) in [4.78, 5) is 52.9. The van der Waals surface area contributed by atoms with E-state index < -0.39 is 72.2 Å². The summed E-state index contributed by atoms with van der Waals surface area (Å²) < 4.78 is 77.7. The number of hydrogen-bond acceptors (Lipinski definition) is 12. The maximum absolute atomic E-state index is 15.2. The van der Waals surface area contributed by atoms with Gasteiger partial charge >= 0.3 is 32.5 Å². The van der Waals surface area contributed by atoms with Gasteiger partial charge in [0.2, 0.25) is 0 Å². The average molecular weight is 1240 g/mol. The number of hydrogen-bond donors (Lipinski definition) is 0. The molecule has 6 rings (SSSR count). The van der Waals surface area contributed by atoms with Crippen LogP contribution in [0.25, 0.3) is 0 Å². The monoisotopic (exact) mass is 1240 g/mol. The zero-order valence-corrected chi connectivity index (χ0v) is 53.3. The summed E-state index contributed by atoms with van der Waals surface area (Å²) in [6.07, 6.45) is 30.4. The number of rotatable bonds is 42. The van der Waals surface area contributed by atoms with Crippen LogP contribution in [-0.2, 0) is 46.8 Å². The van der Waals surface area contributed by atoms with Crippen molar-refractivity contribution in [1.29, 1.82) is 0 Å². The fourth-order valence-electron chi connectivity index (χ4n) is 9.69. The summed E-state index contributed by atoms with van der Waals surface area (Å²) in [5.74, 6) is -7.62. The number of nitrogens with zero attached hydrogens (tertiary/aromatic N) is 3. The van der Waals surface area contributed by atoms with Gasteiger partial charge in [-0.3, -0.25) is 15.0 Å². The Balaban J connectivity index is 1.00. The number of halogens is 3. The van der Waals surface area contributed by atoms with Crippen molar-refractivity contribution in [2.45, 2.75) is 161 Å². The third kappa shape index (κ3) is 26.7. The van der Waals surface area contributed by atoms with Crippen LogP contribution in [0.3, 0.4) is 0 Å². The predicted molar refractivity (Wildman–Crippen MR) is 352 cm³/mol. The Labute approximate surface area is 526 Å². The highest BCUT2D eigenvalue weighted by Crippen LogP contribution is 2.32. The first-order chi connectivity index (χ1) is 43.4. The van der Waals surface area contributed by atoms with E-state index in [1.54, 1.807) is 55.0 Å². The maximum Gasteiger partial charge on any atom is 0.616 e. The highest BCUT2D eigenvalue weighted by atomic mass is 28.4. The third-order valence-corrected chi connectivity index (χ3v) is 17.4. The Morgan fingerprint density at radius 1 is 0.348 bits per heavy atom. The third-order valence-electron chi connectivity index (χ3n) is 15.0. The SMILES string of the molecule is CCCCCCCCc1ccc(N=Cc2ccc(C(=O)OCCO[Si](OCCOC(=O)c3ccc(C=Nc4ccc(CCCCCCCC)cc4)cc3)(OCCOC(=O)c3ccc(C=Nc4ccc(CCCCCCCC)cc4)cc3)C(F)(F)F)cc2)cc1. The molecule has 0 unspecified atom stereocenters. The fourth-order valence-corrected chi connectivity index (χ4v) is 11.5. The first-order valence-electron chi connectivity index (χ1n) is 32.1. The van der Waals surface area contributed by atoms with E-state index >= 15 is 13.2 Å². The molecular weight excluding hydrogens is 1150 g/mol. The summed E-state index contributed by atoms with van der Waals surface area (Å²) in [5.41, 5.74) is 8.76. The molecule has 0 saturated carbocycles. The van der Waals surface area contributed by atoms with Crippen molar-refractivity contribution in [3.05, 3.63) is 196 Å². The van der Waals surface area contributed by atoms with Gasteiger partial charge < -0.3 is 27.5 Å². The largest absolute Gasteiger partial charge is 0.616 e. The molecule has 0 spiro atoms. The quantitative estimate of drug-likeness (QED) is 0.0120. The first kappa shape index (κ1) is 70.7. The van der Waals surface area contributed by atoms with Gasteiger partial charge in [-0.05, 0) is 145 Å². The zero-order chi connectivity index (χ0) is 63.2. The number of benzene rings is 6. The van der Waals surface area contributed by atoms with Gasteiger partial charge in [-0.1, -0.05) is 190 Å². The maximum atomic E-state index is 15.2. The van der Waals surface area contributed by atoms with Gasteiger partial charge in [0, 0.05) is 18.6 Å². The molecule has 0 aliphatic heterocycles. The molecule has 0 atom stereocenters. The van der Waals surface area contributed by atoms with E-state index in [9.17, 15) is 14.4 Å². The highest BCUT2D eigenvalue weighted by molar-refractivity contribution is 6.62. The summed E-state index contributed by atoms with van der Waals surface area (Å²) in [6, 6.07) is 43.5. The lowest BCUT2D eigenvalue weighted by atomic mass is 10.0. The molecule has 6 aromatic rings. The van der Waals surface area contributed by atoms with Crippen molar-refractivity contribution in [2.24, 2.45) is 15.0 Å². The van der Waals surface area contributed by atoms with Crippen LogP contribution >= 0.6 is 0 Å². The fraction of sp³-hybridized carbons (Fsp3) is 0.425. The van der Waals surface area contributed by atoms with Crippen LogP contribution in [0.5, 0.6) is 0 Å². The molecule has 0 bridgehead atoms. The minimum Gasteiger partial charge on any atom is -0.460 e. The van der Waals surface area contributed by atoms with Crippen LogP contribution in [0, 0.1) is 0 Å². The number of alkyl halides is 3. The zero-order valence-electron chi connectivity index (χ0n) is 52.3. The lowest BCUT2D eigenvalue weighted by Gasteiger charge is -2.30. The molecular formula is C73H90F3N3O9Si. The minimum absolute atomic E-state index is 0.154. The van der Waals surface area contributed by atoms with Gasteiger partial charge in [-0.15, -0.1) is 0 Å². The molecule has 16 heteroatoms. The molecule has 0 aliphatic carbocycles. The lowest BCUT2D eigenvalue weighted by Crippen LogP contribution is -2.60. The van der Waals surface area contributed by atoms with E-state index in [2.05, 4.69) is 72.1 Å². The van der Waals surface area contributed by atoms with Crippen LogP contribution in [0.1, 0.15) is 201 Å². The van der Waals surface area contributed by atoms with Gasteiger partial charge in [-0.25, -0.2) is 14.4 Å². The molecule has 12 nitrogen and oxygen atoms in total. The van der Waals surface area contributed by atoms with Gasteiger partial charge in [0.25, 0.3) is 0 Å². The Morgan fingerprint density at radius 2 is 0.596 bits per heavy atom. The lowest BCUT2D eigenvalue weighted by molar-refractivity contribution is -0.139. The number of carbonyl (C=O) groups is 3. The Kier molecular flexibility index (Phi) is 32.0. The Bertz CT molecular complexity index is 2740. The summed E-state index contributed by atoms with van der Waals surface area (Å²) in [7, 11) is -5.75. The van der Waals surface area contributed by atoms with Crippen LogP contribution in [0.4, 0.5) is 30.2 Å². The second-order valence-corrected chi connectivity index (χ2v) is 24.7. The van der Waals surface area contributed by atoms with Gasteiger partial charge in [0.1, 0.15) is 19.8 Å². The summed E-state index contributed by atoms with van der Waals surface area (Å²) in [6.45, 7) is 2.51. The Hall–Kier alpha value is -7.37. The van der Waals surface area contributed by atoms with Crippen molar-refractivity contribution >= 4 is 62.4 Å². The molecule has 0 amide bonds.